The van der Waals surface area contributed by atoms with Crippen molar-refractivity contribution in [2.75, 3.05) is 12.4 Å². The summed E-state index contributed by atoms with van der Waals surface area (Å²) in [5, 5.41) is 17.8. The topological polar surface area (TPSA) is 108 Å². The van der Waals surface area contributed by atoms with Crippen molar-refractivity contribution in [3.8, 4) is 11.6 Å². The van der Waals surface area contributed by atoms with Crippen LogP contribution in [0, 0.1) is 10.1 Å². The minimum absolute atomic E-state index is 0.0981. The van der Waals surface area contributed by atoms with E-state index < -0.39 is 4.92 Å². The van der Waals surface area contributed by atoms with Crippen molar-refractivity contribution >= 4 is 11.5 Å². The van der Waals surface area contributed by atoms with E-state index in [4.69, 9.17) is 4.74 Å². The second-order valence-corrected chi connectivity index (χ2v) is 3.92. The number of aryl methyl sites for hydroxylation is 1. The summed E-state index contributed by atoms with van der Waals surface area (Å²) in [5.41, 5.74) is -0.307. The Balaban J connectivity index is 2.30. The van der Waals surface area contributed by atoms with Gasteiger partial charge in [-0.1, -0.05) is 6.92 Å². The van der Waals surface area contributed by atoms with Gasteiger partial charge >= 0.3 is 11.6 Å². The molecule has 106 valence electrons. The van der Waals surface area contributed by atoms with Crippen LogP contribution >= 0.6 is 0 Å². The lowest BCUT2D eigenvalue weighted by Crippen LogP contribution is -2.03. The molecule has 1 N–H and O–H groups in total. The Hall–Kier alpha value is -2.71. The van der Waals surface area contributed by atoms with Gasteiger partial charge in [0, 0.05) is 13.6 Å². The summed E-state index contributed by atoms with van der Waals surface area (Å²) in [7, 11) is 1.54. The normalized spacial score (nSPS) is 10.3. The zero-order valence-corrected chi connectivity index (χ0v) is 11.1. The molecule has 0 fully saturated rings. The standard InChI is InChI=1S/C11H14N6O3/c1-3-4-16-6-8(5-15-16)20-11-9(17(18)19)10(12-2)13-7-14-11/h5-7H,3-4H2,1-2H3,(H,12,13,14). The highest BCUT2D eigenvalue weighted by molar-refractivity contribution is 5.61. The van der Waals surface area contributed by atoms with Crippen LogP contribution in [0.5, 0.6) is 11.6 Å². The van der Waals surface area contributed by atoms with Gasteiger partial charge in [-0.3, -0.25) is 14.8 Å². The number of hydrogen-bond donors (Lipinski definition) is 1. The summed E-state index contributed by atoms with van der Waals surface area (Å²) in [6.45, 7) is 2.77. The molecule has 0 saturated carbocycles. The van der Waals surface area contributed by atoms with Crippen molar-refractivity contribution in [1.29, 1.82) is 0 Å². The first kappa shape index (κ1) is 13.7. The molecule has 0 unspecified atom stereocenters. The van der Waals surface area contributed by atoms with Crippen LogP contribution < -0.4 is 10.1 Å². The Morgan fingerprint density at radius 1 is 1.50 bits per heavy atom. The van der Waals surface area contributed by atoms with E-state index >= 15 is 0 Å². The van der Waals surface area contributed by atoms with E-state index in [0.717, 1.165) is 13.0 Å². The highest BCUT2D eigenvalue weighted by atomic mass is 16.6. The molecule has 20 heavy (non-hydrogen) atoms. The summed E-state index contributed by atoms with van der Waals surface area (Å²) in [5.74, 6) is 0.369. The minimum Gasteiger partial charge on any atom is -0.430 e. The summed E-state index contributed by atoms with van der Waals surface area (Å²) < 4.78 is 7.12. The van der Waals surface area contributed by atoms with E-state index in [0.29, 0.717) is 5.75 Å². The van der Waals surface area contributed by atoms with Crippen LogP contribution in [-0.4, -0.2) is 31.7 Å². The molecule has 0 aliphatic rings. The van der Waals surface area contributed by atoms with Crippen LogP contribution in [0.4, 0.5) is 11.5 Å². The van der Waals surface area contributed by atoms with Crippen LogP contribution in [0.15, 0.2) is 18.7 Å². The number of aromatic nitrogens is 4. The van der Waals surface area contributed by atoms with Gasteiger partial charge in [-0.15, -0.1) is 0 Å². The van der Waals surface area contributed by atoms with Crippen LogP contribution in [0.3, 0.4) is 0 Å². The molecule has 0 bridgehead atoms. The first-order valence-electron chi connectivity index (χ1n) is 6.03. The van der Waals surface area contributed by atoms with Gasteiger partial charge in [0.1, 0.15) is 6.33 Å². The first-order chi connectivity index (χ1) is 9.65. The van der Waals surface area contributed by atoms with E-state index in [2.05, 4.69) is 20.4 Å². The summed E-state index contributed by atoms with van der Waals surface area (Å²) in [4.78, 5) is 18.1. The maximum atomic E-state index is 11.1. The predicted octanol–water partition coefficient (Wildman–Crippen LogP) is 1.83. The molecule has 0 saturated heterocycles. The van der Waals surface area contributed by atoms with Crippen LogP contribution in [-0.2, 0) is 6.54 Å². The smallest absolute Gasteiger partial charge is 0.373 e. The number of nitrogens with one attached hydrogen (secondary N) is 1. The molecule has 2 aromatic heterocycles. The maximum absolute atomic E-state index is 11.1. The Labute approximate surface area is 114 Å². The Kier molecular flexibility index (Phi) is 4.08. The number of hydrogen-bond acceptors (Lipinski definition) is 7. The summed E-state index contributed by atoms with van der Waals surface area (Å²) >= 11 is 0. The second-order valence-electron chi connectivity index (χ2n) is 3.92. The van der Waals surface area contributed by atoms with Gasteiger partial charge in [0.15, 0.2) is 5.75 Å². The molecular formula is C11H14N6O3. The average molecular weight is 278 g/mol. The third-order valence-corrected chi connectivity index (χ3v) is 2.48. The van der Waals surface area contributed by atoms with Gasteiger partial charge < -0.3 is 10.1 Å². The predicted molar refractivity (Wildman–Crippen MR) is 70.8 cm³/mol. The number of rotatable bonds is 6. The lowest BCUT2D eigenvalue weighted by molar-refractivity contribution is -0.385. The van der Waals surface area contributed by atoms with E-state index in [1.165, 1.54) is 12.5 Å². The van der Waals surface area contributed by atoms with Gasteiger partial charge in [0.2, 0.25) is 5.82 Å². The molecule has 2 rings (SSSR count). The zero-order chi connectivity index (χ0) is 14.5. The van der Waals surface area contributed by atoms with E-state index in [-0.39, 0.29) is 17.4 Å². The fourth-order valence-corrected chi connectivity index (χ4v) is 1.65. The first-order valence-corrected chi connectivity index (χ1v) is 6.03. The Morgan fingerprint density at radius 2 is 2.30 bits per heavy atom. The lowest BCUT2D eigenvalue weighted by atomic mass is 10.4. The highest BCUT2D eigenvalue weighted by Crippen LogP contribution is 2.33. The van der Waals surface area contributed by atoms with E-state index in [1.54, 1.807) is 17.9 Å². The van der Waals surface area contributed by atoms with Gasteiger partial charge in [-0.2, -0.15) is 10.1 Å². The summed E-state index contributed by atoms with van der Waals surface area (Å²) in [6, 6.07) is 0. The molecule has 9 heteroatoms. The highest BCUT2D eigenvalue weighted by Gasteiger charge is 2.24. The largest absolute Gasteiger partial charge is 0.430 e. The summed E-state index contributed by atoms with van der Waals surface area (Å²) in [6.07, 6.45) is 5.28. The number of nitro groups is 1. The molecule has 0 atom stereocenters. The van der Waals surface area contributed by atoms with Gasteiger partial charge in [-0.25, -0.2) is 4.98 Å². The minimum atomic E-state index is -0.586. The third kappa shape index (κ3) is 2.82. The maximum Gasteiger partial charge on any atom is 0.373 e. The quantitative estimate of drug-likeness (QED) is 0.634. The molecule has 0 amide bonds. The number of anilines is 1. The van der Waals surface area contributed by atoms with Crippen LogP contribution in [0.25, 0.3) is 0 Å². The van der Waals surface area contributed by atoms with E-state index in [1.807, 2.05) is 6.92 Å². The van der Waals surface area contributed by atoms with Crippen molar-refractivity contribution in [2.45, 2.75) is 19.9 Å². The van der Waals surface area contributed by atoms with Gasteiger partial charge in [0.05, 0.1) is 17.3 Å². The Morgan fingerprint density at radius 3 is 2.95 bits per heavy atom. The molecule has 2 heterocycles. The zero-order valence-electron chi connectivity index (χ0n) is 11.1. The molecule has 0 radical (unpaired) electrons. The van der Waals surface area contributed by atoms with Crippen LogP contribution in [0.2, 0.25) is 0 Å². The monoisotopic (exact) mass is 278 g/mol. The fraction of sp³-hybridized carbons (Fsp3) is 0.364. The molecule has 0 spiro atoms. The molecule has 0 aromatic carbocycles. The average Bonchev–Trinajstić information content (AvgIpc) is 2.86. The van der Waals surface area contributed by atoms with Crippen molar-refractivity contribution in [3.05, 3.63) is 28.8 Å². The van der Waals surface area contributed by atoms with Gasteiger partial charge in [-0.05, 0) is 6.42 Å². The molecular weight excluding hydrogens is 264 g/mol. The molecule has 0 aliphatic heterocycles. The number of nitrogens with zero attached hydrogens (tertiary/aromatic N) is 5. The van der Waals surface area contributed by atoms with Crippen molar-refractivity contribution in [1.82, 2.24) is 19.7 Å². The van der Waals surface area contributed by atoms with Gasteiger partial charge in [0.25, 0.3) is 0 Å². The SMILES string of the molecule is CCCn1cc(Oc2ncnc(NC)c2[N+](=O)[O-])cn1. The molecule has 9 nitrogen and oxygen atoms in total. The lowest BCUT2D eigenvalue weighted by Gasteiger charge is -2.05. The fourth-order valence-electron chi connectivity index (χ4n) is 1.65. The van der Waals surface area contributed by atoms with Crippen molar-refractivity contribution in [2.24, 2.45) is 0 Å². The van der Waals surface area contributed by atoms with E-state index in [9.17, 15) is 10.1 Å². The molecule has 0 aliphatic carbocycles. The second kappa shape index (κ2) is 5.95. The van der Waals surface area contributed by atoms with Crippen molar-refractivity contribution < 1.29 is 9.66 Å². The third-order valence-electron chi connectivity index (χ3n) is 2.48. The Bertz CT molecular complexity index is 612. The van der Waals surface area contributed by atoms with Crippen molar-refractivity contribution in [3.63, 3.8) is 0 Å². The van der Waals surface area contributed by atoms with Crippen LogP contribution in [0.1, 0.15) is 13.3 Å². The number of ether oxygens (including phenoxy) is 1. The molecule has 2 aromatic rings.